The molecule has 26 heavy (non-hydrogen) atoms. The van der Waals surface area contributed by atoms with Crippen LogP contribution in [-0.2, 0) is 13.0 Å². The second kappa shape index (κ2) is 8.68. The van der Waals surface area contributed by atoms with E-state index in [1.165, 1.54) is 0 Å². The van der Waals surface area contributed by atoms with Gasteiger partial charge in [-0.1, -0.05) is 53.2 Å². The van der Waals surface area contributed by atoms with E-state index in [2.05, 4.69) is 28.2 Å². The third kappa shape index (κ3) is 4.73. The van der Waals surface area contributed by atoms with E-state index in [-0.39, 0.29) is 5.91 Å². The quantitative estimate of drug-likeness (QED) is 0.554. The van der Waals surface area contributed by atoms with Crippen molar-refractivity contribution in [1.29, 1.82) is 0 Å². The number of nitrogens with one attached hydrogen (secondary N) is 1. The number of halogens is 1. The van der Waals surface area contributed by atoms with Gasteiger partial charge in [0, 0.05) is 15.7 Å². The zero-order valence-electron chi connectivity index (χ0n) is 14.5. The largest absolute Gasteiger partial charge is 0.489 e. The molecule has 0 aromatic heterocycles. The summed E-state index contributed by atoms with van der Waals surface area (Å²) in [6.07, 6.45) is 0.878. The lowest BCUT2D eigenvalue weighted by Crippen LogP contribution is -2.13. The standard InChI is InChI=1S/C22H20BrNO2/c1-2-17-5-3-4-6-21(17)24-22(25)18-9-7-16(8-10-18)15-26-20-13-11-19(23)12-14-20/h3-14H,2,15H2,1H3,(H,24,25). The Kier molecular flexibility index (Phi) is 6.08. The van der Waals surface area contributed by atoms with Crippen molar-refractivity contribution < 1.29 is 9.53 Å². The Bertz CT molecular complexity index is 873. The van der Waals surface area contributed by atoms with E-state index >= 15 is 0 Å². The second-order valence-electron chi connectivity index (χ2n) is 5.90. The smallest absolute Gasteiger partial charge is 0.255 e. The molecule has 0 fully saturated rings. The van der Waals surface area contributed by atoms with Crippen molar-refractivity contribution in [3.05, 3.63) is 94.0 Å². The van der Waals surface area contributed by atoms with Crippen LogP contribution in [0.1, 0.15) is 28.4 Å². The Balaban J connectivity index is 1.61. The molecule has 0 aliphatic rings. The van der Waals surface area contributed by atoms with Gasteiger partial charge in [0.15, 0.2) is 0 Å². The molecule has 132 valence electrons. The monoisotopic (exact) mass is 409 g/mol. The van der Waals surface area contributed by atoms with Crippen LogP contribution in [0.4, 0.5) is 5.69 Å². The highest BCUT2D eigenvalue weighted by Crippen LogP contribution is 2.19. The van der Waals surface area contributed by atoms with Crippen molar-refractivity contribution in [1.82, 2.24) is 0 Å². The first-order chi connectivity index (χ1) is 12.7. The summed E-state index contributed by atoms with van der Waals surface area (Å²) in [5, 5.41) is 2.99. The van der Waals surface area contributed by atoms with Gasteiger partial charge < -0.3 is 10.1 Å². The second-order valence-corrected chi connectivity index (χ2v) is 6.82. The van der Waals surface area contributed by atoms with Gasteiger partial charge in [-0.2, -0.15) is 0 Å². The van der Waals surface area contributed by atoms with E-state index < -0.39 is 0 Å². The SMILES string of the molecule is CCc1ccccc1NC(=O)c1ccc(COc2ccc(Br)cc2)cc1. The minimum absolute atomic E-state index is 0.105. The number of ether oxygens (including phenoxy) is 1. The summed E-state index contributed by atoms with van der Waals surface area (Å²) < 4.78 is 6.77. The van der Waals surface area contributed by atoms with Gasteiger partial charge in [0.2, 0.25) is 0 Å². The zero-order chi connectivity index (χ0) is 18.4. The molecule has 0 spiro atoms. The van der Waals surface area contributed by atoms with Crippen LogP contribution in [0.3, 0.4) is 0 Å². The molecule has 0 heterocycles. The summed E-state index contributed by atoms with van der Waals surface area (Å²) >= 11 is 3.40. The fourth-order valence-corrected chi connectivity index (χ4v) is 2.86. The highest BCUT2D eigenvalue weighted by atomic mass is 79.9. The number of benzene rings is 3. The van der Waals surface area contributed by atoms with E-state index in [0.717, 1.165) is 33.5 Å². The van der Waals surface area contributed by atoms with Gasteiger partial charge >= 0.3 is 0 Å². The topological polar surface area (TPSA) is 38.3 Å². The molecular formula is C22H20BrNO2. The Morgan fingerprint density at radius 2 is 1.65 bits per heavy atom. The third-order valence-electron chi connectivity index (χ3n) is 4.08. The van der Waals surface area contributed by atoms with E-state index in [0.29, 0.717) is 12.2 Å². The number of aryl methyl sites for hydroxylation is 1. The summed E-state index contributed by atoms with van der Waals surface area (Å²) in [4.78, 5) is 12.5. The summed E-state index contributed by atoms with van der Waals surface area (Å²) in [5.41, 5.74) is 3.63. The normalized spacial score (nSPS) is 10.4. The molecule has 4 heteroatoms. The molecule has 3 rings (SSSR count). The summed E-state index contributed by atoms with van der Waals surface area (Å²) in [5.74, 6) is 0.706. The van der Waals surface area contributed by atoms with Crippen molar-refractivity contribution in [3.63, 3.8) is 0 Å². The Labute approximate surface area is 162 Å². The van der Waals surface area contributed by atoms with Gasteiger partial charge in [-0.3, -0.25) is 4.79 Å². The third-order valence-corrected chi connectivity index (χ3v) is 4.61. The molecule has 0 radical (unpaired) electrons. The minimum atomic E-state index is -0.105. The highest BCUT2D eigenvalue weighted by molar-refractivity contribution is 9.10. The summed E-state index contributed by atoms with van der Waals surface area (Å²) in [6.45, 7) is 2.54. The number of carbonyl (C=O) groups is 1. The minimum Gasteiger partial charge on any atom is -0.489 e. The van der Waals surface area contributed by atoms with Crippen molar-refractivity contribution in [2.45, 2.75) is 20.0 Å². The van der Waals surface area contributed by atoms with Gasteiger partial charge in [-0.15, -0.1) is 0 Å². The van der Waals surface area contributed by atoms with E-state index in [4.69, 9.17) is 4.74 Å². The van der Waals surface area contributed by atoms with Crippen LogP contribution < -0.4 is 10.1 Å². The summed E-state index contributed by atoms with van der Waals surface area (Å²) in [7, 11) is 0. The molecule has 0 saturated heterocycles. The lowest BCUT2D eigenvalue weighted by Gasteiger charge is -2.10. The van der Waals surface area contributed by atoms with Crippen molar-refractivity contribution in [2.24, 2.45) is 0 Å². The molecular weight excluding hydrogens is 390 g/mol. The molecule has 0 aliphatic carbocycles. The number of hydrogen-bond acceptors (Lipinski definition) is 2. The zero-order valence-corrected chi connectivity index (χ0v) is 16.1. The average molecular weight is 410 g/mol. The number of para-hydroxylation sites is 1. The van der Waals surface area contributed by atoms with Gasteiger partial charge in [0.1, 0.15) is 12.4 Å². The van der Waals surface area contributed by atoms with Crippen molar-refractivity contribution in [3.8, 4) is 5.75 Å². The van der Waals surface area contributed by atoms with Crippen LogP contribution in [0.5, 0.6) is 5.75 Å². The molecule has 3 aromatic rings. The van der Waals surface area contributed by atoms with Gasteiger partial charge in [-0.25, -0.2) is 0 Å². The molecule has 3 aromatic carbocycles. The Morgan fingerprint density at radius 3 is 2.35 bits per heavy atom. The first-order valence-electron chi connectivity index (χ1n) is 8.52. The number of rotatable bonds is 6. The molecule has 0 unspecified atom stereocenters. The first-order valence-corrected chi connectivity index (χ1v) is 9.31. The number of anilines is 1. The Hall–Kier alpha value is -2.59. The lowest BCUT2D eigenvalue weighted by molar-refractivity contribution is 0.102. The summed E-state index contributed by atoms with van der Waals surface area (Å²) in [6, 6.07) is 23.1. The van der Waals surface area contributed by atoms with Gasteiger partial charge in [0.05, 0.1) is 0 Å². The van der Waals surface area contributed by atoms with Crippen LogP contribution in [0.15, 0.2) is 77.3 Å². The number of hydrogen-bond donors (Lipinski definition) is 1. The maximum absolute atomic E-state index is 12.5. The first kappa shape index (κ1) is 18.2. The fraction of sp³-hybridized carbons (Fsp3) is 0.136. The van der Waals surface area contributed by atoms with Gasteiger partial charge in [0.25, 0.3) is 5.91 Å². The predicted octanol–water partition coefficient (Wildman–Crippen LogP) is 5.84. The van der Waals surface area contributed by atoms with Gasteiger partial charge in [-0.05, 0) is 60.0 Å². The van der Waals surface area contributed by atoms with E-state index in [1.54, 1.807) is 0 Å². The lowest BCUT2D eigenvalue weighted by atomic mass is 10.1. The molecule has 0 atom stereocenters. The van der Waals surface area contributed by atoms with Crippen LogP contribution in [0.25, 0.3) is 0 Å². The van der Waals surface area contributed by atoms with Crippen LogP contribution >= 0.6 is 15.9 Å². The predicted molar refractivity (Wildman–Crippen MR) is 109 cm³/mol. The average Bonchev–Trinajstić information content (AvgIpc) is 2.68. The molecule has 0 bridgehead atoms. The fourth-order valence-electron chi connectivity index (χ4n) is 2.59. The van der Waals surface area contributed by atoms with Crippen LogP contribution in [0, 0.1) is 0 Å². The molecule has 1 amide bonds. The molecule has 0 aliphatic heterocycles. The highest BCUT2D eigenvalue weighted by Gasteiger charge is 2.08. The maximum atomic E-state index is 12.5. The van der Waals surface area contributed by atoms with Crippen molar-refractivity contribution in [2.75, 3.05) is 5.32 Å². The molecule has 0 saturated carbocycles. The molecule has 1 N–H and O–H groups in total. The van der Waals surface area contributed by atoms with Crippen LogP contribution in [0.2, 0.25) is 0 Å². The molecule has 3 nitrogen and oxygen atoms in total. The number of amides is 1. The Morgan fingerprint density at radius 1 is 0.962 bits per heavy atom. The van der Waals surface area contributed by atoms with Crippen molar-refractivity contribution >= 4 is 27.5 Å². The van der Waals surface area contributed by atoms with Crippen LogP contribution in [-0.4, -0.2) is 5.91 Å². The maximum Gasteiger partial charge on any atom is 0.255 e. The van der Waals surface area contributed by atoms with E-state index in [1.807, 2.05) is 72.8 Å². The number of carbonyl (C=O) groups excluding carboxylic acids is 1. The van der Waals surface area contributed by atoms with E-state index in [9.17, 15) is 4.79 Å².